The van der Waals surface area contributed by atoms with Gasteiger partial charge in [-0.2, -0.15) is 0 Å². The van der Waals surface area contributed by atoms with Crippen LogP contribution in [-0.2, 0) is 11.3 Å². The summed E-state index contributed by atoms with van der Waals surface area (Å²) >= 11 is 7.16. The van der Waals surface area contributed by atoms with Crippen LogP contribution in [0.1, 0.15) is 19.8 Å². The minimum atomic E-state index is -0.850. The Bertz CT molecular complexity index is 682. The van der Waals surface area contributed by atoms with E-state index in [9.17, 15) is 4.79 Å². The molecule has 106 valence electrons. The fraction of sp³-hybridized carbons (Fsp3) is 0.462. The average Bonchev–Trinajstić information content (AvgIpc) is 3.00. The molecule has 2 aromatic heterocycles. The molecule has 1 saturated carbocycles. The van der Waals surface area contributed by atoms with Crippen LogP contribution in [0, 0.1) is 5.41 Å². The van der Waals surface area contributed by atoms with Gasteiger partial charge >= 0.3 is 5.97 Å². The zero-order valence-electron chi connectivity index (χ0n) is 11.0. The molecule has 20 heavy (non-hydrogen) atoms. The molecular formula is C13H14ClN3O2S. The summed E-state index contributed by atoms with van der Waals surface area (Å²) in [7, 11) is 0. The van der Waals surface area contributed by atoms with Crippen LogP contribution in [0.4, 0.5) is 0 Å². The van der Waals surface area contributed by atoms with Crippen molar-refractivity contribution in [2.24, 2.45) is 5.41 Å². The highest BCUT2D eigenvalue weighted by atomic mass is 35.5. The van der Waals surface area contributed by atoms with Gasteiger partial charge in [-0.15, -0.1) is 0 Å². The van der Waals surface area contributed by atoms with E-state index in [-0.39, 0.29) is 11.2 Å². The molecule has 1 aliphatic carbocycles. The van der Waals surface area contributed by atoms with Crippen LogP contribution >= 0.6 is 23.4 Å². The van der Waals surface area contributed by atoms with E-state index in [4.69, 9.17) is 16.7 Å². The summed E-state index contributed by atoms with van der Waals surface area (Å²) in [5.74, 6) is -0.856. The van der Waals surface area contributed by atoms with E-state index in [0.29, 0.717) is 10.2 Å². The Morgan fingerprint density at radius 2 is 2.35 bits per heavy atom. The van der Waals surface area contributed by atoms with Crippen LogP contribution in [-0.4, -0.2) is 31.4 Å². The largest absolute Gasteiger partial charge is 0.481 e. The first-order valence-corrected chi connectivity index (χ1v) is 7.70. The number of hydrogen-bond donors (Lipinski definition) is 1. The lowest BCUT2D eigenvalue weighted by atomic mass is 10.1. The Balaban J connectivity index is 2.01. The van der Waals surface area contributed by atoms with Crippen LogP contribution in [0.15, 0.2) is 17.4 Å². The molecule has 0 unspecified atom stereocenters. The highest BCUT2D eigenvalue weighted by Gasteiger charge is 2.38. The van der Waals surface area contributed by atoms with Gasteiger partial charge < -0.3 is 9.67 Å². The van der Waals surface area contributed by atoms with Crippen LogP contribution in [0.3, 0.4) is 0 Å². The third-order valence-electron chi connectivity index (χ3n) is 3.48. The number of carbonyl (C=O) groups is 1. The van der Waals surface area contributed by atoms with Gasteiger partial charge in [-0.05, 0) is 24.3 Å². The number of carboxylic acids is 1. The summed E-state index contributed by atoms with van der Waals surface area (Å²) in [6, 6.07) is 1.76. The van der Waals surface area contributed by atoms with E-state index in [1.165, 1.54) is 24.6 Å². The molecule has 0 amide bonds. The maximum atomic E-state index is 10.8. The maximum Gasteiger partial charge on any atom is 0.313 e. The second-order valence-electron chi connectivity index (χ2n) is 5.47. The summed E-state index contributed by atoms with van der Waals surface area (Å²) < 4.78 is 2.02. The number of nitrogens with zero attached hydrogens (tertiary/aromatic N) is 3. The molecule has 1 N–H and O–H groups in total. The fourth-order valence-electron chi connectivity index (χ4n) is 2.10. The third kappa shape index (κ3) is 2.76. The third-order valence-corrected chi connectivity index (χ3v) is 4.65. The SMILES string of the molecule is CC1(Cn2c(SCC(=O)O)nc3cc(Cl)cnc32)CC1. The van der Waals surface area contributed by atoms with E-state index in [1.807, 2.05) is 4.57 Å². The highest BCUT2D eigenvalue weighted by molar-refractivity contribution is 7.99. The van der Waals surface area contributed by atoms with Crippen molar-refractivity contribution in [1.29, 1.82) is 0 Å². The van der Waals surface area contributed by atoms with Crippen molar-refractivity contribution in [1.82, 2.24) is 14.5 Å². The first-order chi connectivity index (χ1) is 9.47. The van der Waals surface area contributed by atoms with Gasteiger partial charge in [0.05, 0.1) is 10.8 Å². The molecule has 0 radical (unpaired) electrons. The molecule has 7 heteroatoms. The van der Waals surface area contributed by atoms with Crippen LogP contribution < -0.4 is 0 Å². The quantitative estimate of drug-likeness (QED) is 0.860. The van der Waals surface area contributed by atoms with Gasteiger partial charge in [0, 0.05) is 12.7 Å². The summed E-state index contributed by atoms with van der Waals surface area (Å²) in [6.45, 7) is 3.04. The number of pyridine rings is 1. The molecule has 0 aromatic carbocycles. The van der Waals surface area contributed by atoms with E-state index >= 15 is 0 Å². The van der Waals surface area contributed by atoms with Gasteiger partial charge in [0.25, 0.3) is 0 Å². The lowest BCUT2D eigenvalue weighted by molar-refractivity contribution is -0.133. The van der Waals surface area contributed by atoms with Crippen LogP contribution in [0.5, 0.6) is 0 Å². The number of fused-ring (bicyclic) bond motifs is 1. The molecule has 5 nitrogen and oxygen atoms in total. The predicted molar refractivity (Wildman–Crippen MR) is 78.2 cm³/mol. The Hall–Kier alpha value is -1.27. The highest BCUT2D eigenvalue weighted by Crippen LogP contribution is 2.47. The van der Waals surface area contributed by atoms with E-state index < -0.39 is 5.97 Å². The Kier molecular flexibility index (Phi) is 3.38. The number of hydrogen-bond acceptors (Lipinski definition) is 4. The first-order valence-electron chi connectivity index (χ1n) is 6.33. The lowest BCUT2D eigenvalue weighted by Gasteiger charge is -2.12. The second-order valence-corrected chi connectivity index (χ2v) is 6.85. The number of aliphatic carboxylic acids is 1. The van der Waals surface area contributed by atoms with Gasteiger partial charge in [0.2, 0.25) is 0 Å². The molecule has 3 rings (SSSR count). The van der Waals surface area contributed by atoms with Crippen molar-refractivity contribution in [3.63, 3.8) is 0 Å². The number of imidazole rings is 1. The summed E-state index contributed by atoms with van der Waals surface area (Å²) in [5, 5.41) is 10.1. The molecule has 0 saturated heterocycles. The smallest absolute Gasteiger partial charge is 0.313 e. The molecule has 2 heterocycles. The standard InChI is InChI=1S/C13H14ClN3O2S/c1-13(2-3-13)7-17-11-9(4-8(14)5-15-11)16-12(17)20-6-10(18)19/h4-5H,2-3,6-7H2,1H3,(H,18,19). The van der Waals surface area contributed by atoms with Gasteiger partial charge in [-0.25, -0.2) is 9.97 Å². The fourth-order valence-corrected chi connectivity index (χ4v) is 2.97. The predicted octanol–water partition coefficient (Wildman–Crippen LogP) is 3.06. The summed E-state index contributed by atoms with van der Waals surface area (Å²) in [5.41, 5.74) is 1.78. The molecule has 1 fully saturated rings. The van der Waals surface area contributed by atoms with E-state index in [1.54, 1.807) is 12.3 Å². The van der Waals surface area contributed by atoms with Gasteiger partial charge in [-0.1, -0.05) is 30.3 Å². The zero-order valence-corrected chi connectivity index (χ0v) is 12.5. The van der Waals surface area contributed by atoms with Gasteiger partial charge in [0.1, 0.15) is 5.52 Å². The monoisotopic (exact) mass is 311 g/mol. The lowest BCUT2D eigenvalue weighted by Crippen LogP contribution is -2.10. The minimum Gasteiger partial charge on any atom is -0.481 e. The van der Waals surface area contributed by atoms with Crippen molar-refractivity contribution >= 4 is 40.5 Å². The summed E-state index contributed by atoms with van der Waals surface area (Å²) in [6.07, 6.45) is 3.97. The molecule has 0 spiro atoms. The number of aromatic nitrogens is 3. The van der Waals surface area contributed by atoms with Crippen LogP contribution in [0.25, 0.3) is 11.2 Å². The molecule has 0 atom stereocenters. The van der Waals surface area contributed by atoms with Crippen molar-refractivity contribution in [2.75, 3.05) is 5.75 Å². The minimum absolute atomic E-state index is 0.00618. The van der Waals surface area contributed by atoms with Crippen molar-refractivity contribution in [2.45, 2.75) is 31.5 Å². The second kappa shape index (κ2) is 4.93. The Morgan fingerprint density at radius 3 is 3.00 bits per heavy atom. The molecule has 0 aliphatic heterocycles. The molecule has 2 aromatic rings. The molecule has 1 aliphatic rings. The van der Waals surface area contributed by atoms with Crippen molar-refractivity contribution in [3.8, 4) is 0 Å². The topological polar surface area (TPSA) is 68.0 Å². The Labute approximate surface area is 125 Å². The number of halogens is 1. The normalized spacial score (nSPS) is 16.5. The maximum absolute atomic E-state index is 10.8. The molecular weight excluding hydrogens is 298 g/mol. The number of thioether (sulfide) groups is 1. The Morgan fingerprint density at radius 1 is 1.60 bits per heavy atom. The van der Waals surface area contributed by atoms with E-state index in [2.05, 4.69) is 16.9 Å². The van der Waals surface area contributed by atoms with Gasteiger partial charge in [-0.3, -0.25) is 4.79 Å². The first kappa shape index (κ1) is 13.7. The van der Waals surface area contributed by atoms with Gasteiger partial charge in [0.15, 0.2) is 10.8 Å². The van der Waals surface area contributed by atoms with Crippen molar-refractivity contribution in [3.05, 3.63) is 17.3 Å². The van der Waals surface area contributed by atoms with E-state index in [0.717, 1.165) is 17.7 Å². The molecule has 0 bridgehead atoms. The number of rotatable bonds is 5. The summed E-state index contributed by atoms with van der Waals surface area (Å²) in [4.78, 5) is 19.6. The van der Waals surface area contributed by atoms with Crippen LogP contribution in [0.2, 0.25) is 5.02 Å². The van der Waals surface area contributed by atoms with Crippen molar-refractivity contribution < 1.29 is 9.90 Å². The average molecular weight is 312 g/mol. The number of carboxylic acid groups (broad SMARTS) is 1. The zero-order chi connectivity index (χ0) is 14.3.